The van der Waals surface area contributed by atoms with E-state index in [1.807, 2.05) is 41.0 Å². The molecule has 4 aromatic rings. The number of nitrogens with one attached hydrogen (secondary N) is 1. The molecule has 1 amide bonds. The lowest BCUT2D eigenvalue weighted by Crippen LogP contribution is -2.20. The summed E-state index contributed by atoms with van der Waals surface area (Å²) in [5, 5.41) is 13.3. The van der Waals surface area contributed by atoms with Gasteiger partial charge in [0.05, 0.1) is 19.1 Å². The van der Waals surface area contributed by atoms with Crippen molar-refractivity contribution in [3.8, 4) is 22.8 Å². The number of amides is 1. The van der Waals surface area contributed by atoms with Crippen LogP contribution >= 0.6 is 11.8 Å². The van der Waals surface area contributed by atoms with Crippen molar-refractivity contribution in [2.24, 2.45) is 5.10 Å². The molecule has 0 fully saturated rings. The molecule has 0 aliphatic rings. The fraction of sp³-hybridized carbons (Fsp3) is 0.214. The maximum Gasteiger partial charge on any atom is 0.250 e. The van der Waals surface area contributed by atoms with Crippen LogP contribution in [0.1, 0.15) is 31.9 Å². The molecule has 0 spiro atoms. The fourth-order valence-electron chi connectivity index (χ4n) is 3.56. The van der Waals surface area contributed by atoms with Crippen LogP contribution < -0.4 is 10.2 Å². The van der Waals surface area contributed by atoms with Gasteiger partial charge in [0.15, 0.2) is 11.0 Å². The van der Waals surface area contributed by atoms with E-state index >= 15 is 0 Å². The Morgan fingerprint density at radius 2 is 1.81 bits per heavy atom. The number of benzene rings is 3. The molecule has 0 saturated heterocycles. The van der Waals surface area contributed by atoms with E-state index in [9.17, 15) is 9.18 Å². The summed E-state index contributed by atoms with van der Waals surface area (Å²) in [6.45, 7) is 6.51. The van der Waals surface area contributed by atoms with Crippen LogP contribution in [-0.2, 0) is 10.2 Å². The van der Waals surface area contributed by atoms with E-state index in [4.69, 9.17) is 4.74 Å². The Kier molecular flexibility index (Phi) is 8.03. The zero-order valence-electron chi connectivity index (χ0n) is 21.1. The Morgan fingerprint density at radius 3 is 2.46 bits per heavy atom. The van der Waals surface area contributed by atoms with Gasteiger partial charge in [-0.25, -0.2) is 9.82 Å². The van der Waals surface area contributed by atoms with E-state index in [1.54, 1.807) is 19.2 Å². The smallest absolute Gasteiger partial charge is 0.250 e. The number of thioether (sulfide) groups is 1. The largest absolute Gasteiger partial charge is 0.497 e. The highest BCUT2D eigenvalue weighted by Gasteiger charge is 2.19. The van der Waals surface area contributed by atoms with E-state index in [1.165, 1.54) is 35.7 Å². The van der Waals surface area contributed by atoms with E-state index in [-0.39, 0.29) is 22.9 Å². The molecular weight excluding hydrogens is 489 g/mol. The van der Waals surface area contributed by atoms with Gasteiger partial charge in [-0.05, 0) is 52.9 Å². The summed E-state index contributed by atoms with van der Waals surface area (Å²) < 4.78 is 20.5. The quantitative estimate of drug-likeness (QED) is 0.186. The molecule has 0 bridgehead atoms. The predicted octanol–water partition coefficient (Wildman–Crippen LogP) is 5.62. The van der Waals surface area contributed by atoms with Crippen LogP contribution in [0.2, 0.25) is 0 Å². The van der Waals surface area contributed by atoms with Crippen molar-refractivity contribution in [2.75, 3.05) is 12.9 Å². The third-order valence-corrected chi connectivity index (χ3v) is 6.49. The number of aromatic nitrogens is 3. The van der Waals surface area contributed by atoms with Crippen LogP contribution in [0.15, 0.2) is 83.1 Å². The molecule has 7 nitrogen and oxygen atoms in total. The molecule has 0 saturated carbocycles. The number of carbonyl (C=O) groups excluding carboxylic acids is 1. The van der Waals surface area contributed by atoms with Crippen molar-refractivity contribution in [1.29, 1.82) is 0 Å². The molecule has 0 aliphatic heterocycles. The van der Waals surface area contributed by atoms with Gasteiger partial charge in [0.1, 0.15) is 11.6 Å². The lowest BCUT2D eigenvalue weighted by Gasteiger charge is -2.19. The fourth-order valence-corrected chi connectivity index (χ4v) is 4.31. The number of carbonyl (C=O) groups is 1. The van der Waals surface area contributed by atoms with Crippen LogP contribution in [0.3, 0.4) is 0 Å². The van der Waals surface area contributed by atoms with Gasteiger partial charge < -0.3 is 4.74 Å². The maximum atomic E-state index is 13.3. The Labute approximate surface area is 219 Å². The first-order valence-corrected chi connectivity index (χ1v) is 12.6. The minimum atomic E-state index is -0.368. The van der Waals surface area contributed by atoms with Gasteiger partial charge in [-0.2, -0.15) is 5.10 Å². The standard InChI is InChI=1S/C28H28FN5O2S/c1-28(2,3)21-10-8-20(9-11-21)26-32-33-27(34(26)23-12-14-24(36-4)15-13-23)37-18-25(35)31-30-17-19-6-5-7-22(29)16-19/h5-17H,18H2,1-4H3,(H,31,35)/b30-17-. The zero-order valence-corrected chi connectivity index (χ0v) is 21.9. The van der Waals surface area contributed by atoms with Gasteiger partial charge in [-0.3, -0.25) is 9.36 Å². The minimum Gasteiger partial charge on any atom is -0.497 e. The average Bonchev–Trinajstić information content (AvgIpc) is 3.31. The monoisotopic (exact) mass is 517 g/mol. The Hall–Kier alpha value is -3.98. The van der Waals surface area contributed by atoms with Crippen molar-refractivity contribution in [1.82, 2.24) is 20.2 Å². The van der Waals surface area contributed by atoms with E-state index in [2.05, 4.69) is 53.6 Å². The Morgan fingerprint density at radius 1 is 1.08 bits per heavy atom. The number of hydrogen-bond donors (Lipinski definition) is 1. The van der Waals surface area contributed by atoms with Crippen LogP contribution in [0.25, 0.3) is 17.1 Å². The first kappa shape index (κ1) is 26.1. The molecule has 0 atom stereocenters. The molecule has 1 heterocycles. The minimum absolute atomic E-state index is 0.0354. The molecule has 0 aliphatic carbocycles. The normalized spacial score (nSPS) is 11.6. The summed E-state index contributed by atoms with van der Waals surface area (Å²) in [5.74, 6) is 0.776. The maximum absolute atomic E-state index is 13.3. The van der Waals surface area contributed by atoms with Crippen molar-refractivity contribution in [2.45, 2.75) is 31.3 Å². The van der Waals surface area contributed by atoms with Crippen molar-refractivity contribution >= 4 is 23.9 Å². The molecule has 0 unspecified atom stereocenters. The topological polar surface area (TPSA) is 81.4 Å². The second-order valence-electron chi connectivity index (χ2n) is 9.30. The number of methoxy groups -OCH3 is 1. The Balaban J connectivity index is 1.55. The highest BCUT2D eigenvalue weighted by Crippen LogP contribution is 2.30. The van der Waals surface area contributed by atoms with E-state index in [0.29, 0.717) is 16.5 Å². The zero-order chi connectivity index (χ0) is 26.4. The SMILES string of the molecule is COc1ccc(-n2c(SCC(=O)N/N=C\c3cccc(F)c3)nnc2-c2ccc(C(C)(C)C)cc2)cc1. The molecule has 9 heteroatoms. The second kappa shape index (κ2) is 11.4. The third-order valence-electron chi connectivity index (χ3n) is 5.56. The van der Waals surface area contributed by atoms with Gasteiger partial charge in [0.25, 0.3) is 5.91 Å². The summed E-state index contributed by atoms with van der Waals surface area (Å²) in [7, 11) is 1.62. The van der Waals surface area contributed by atoms with Crippen LogP contribution in [0, 0.1) is 5.82 Å². The lowest BCUT2D eigenvalue weighted by molar-refractivity contribution is -0.118. The number of hydrogen-bond acceptors (Lipinski definition) is 6. The molecule has 1 aromatic heterocycles. The molecule has 0 radical (unpaired) electrons. The van der Waals surface area contributed by atoms with Gasteiger partial charge in [-0.15, -0.1) is 10.2 Å². The summed E-state index contributed by atoms with van der Waals surface area (Å²) in [6, 6.07) is 21.8. The van der Waals surface area contributed by atoms with Crippen LogP contribution in [0.4, 0.5) is 4.39 Å². The molecule has 190 valence electrons. The average molecular weight is 518 g/mol. The van der Waals surface area contributed by atoms with E-state index in [0.717, 1.165) is 17.0 Å². The van der Waals surface area contributed by atoms with Crippen LogP contribution in [0.5, 0.6) is 5.75 Å². The van der Waals surface area contributed by atoms with Crippen molar-refractivity contribution in [3.05, 3.63) is 89.7 Å². The van der Waals surface area contributed by atoms with Gasteiger partial charge in [-0.1, -0.05) is 68.9 Å². The molecule has 1 N–H and O–H groups in total. The van der Waals surface area contributed by atoms with Gasteiger partial charge in [0.2, 0.25) is 0 Å². The van der Waals surface area contributed by atoms with Crippen molar-refractivity contribution < 1.29 is 13.9 Å². The third kappa shape index (κ3) is 6.62. The predicted molar refractivity (Wildman–Crippen MR) is 145 cm³/mol. The number of nitrogens with zero attached hydrogens (tertiary/aromatic N) is 4. The highest BCUT2D eigenvalue weighted by atomic mass is 32.2. The summed E-state index contributed by atoms with van der Waals surface area (Å²) >= 11 is 1.24. The first-order chi connectivity index (χ1) is 17.7. The number of rotatable bonds is 8. The van der Waals surface area contributed by atoms with Crippen molar-refractivity contribution in [3.63, 3.8) is 0 Å². The van der Waals surface area contributed by atoms with Gasteiger partial charge >= 0.3 is 0 Å². The molecule has 4 rings (SSSR count). The molecule has 3 aromatic carbocycles. The highest BCUT2D eigenvalue weighted by molar-refractivity contribution is 7.99. The lowest BCUT2D eigenvalue weighted by atomic mass is 9.87. The van der Waals surface area contributed by atoms with Crippen LogP contribution in [-0.4, -0.2) is 39.7 Å². The summed E-state index contributed by atoms with van der Waals surface area (Å²) in [6.07, 6.45) is 1.39. The Bertz CT molecular complexity index is 1390. The van der Waals surface area contributed by atoms with Gasteiger partial charge in [0, 0.05) is 11.3 Å². The number of ether oxygens (including phenoxy) is 1. The van der Waals surface area contributed by atoms with E-state index < -0.39 is 0 Å². The summed E-state index contributed by atoms with van der Waals surface area (Å²) in [5.41, 5.74) is 6.02. The second-order valence-corrected chi connectivity index (χ2v) is 10.2. The summed E-state index contributed by atoms with van der Waals surface area (Å²) in [4.78, 5) is 12.4. The first-order valence-electron chi connectivity index (χ1n) is 11.7. The molecule has 37 heavy (non-hydrogen) atoms. The molecular formula is C28H28FN5O2S. The number of halogens is 1. The number of hydrazone groups is 1.